The van der Waals surface area contributed by atoms with Crippen LogP contribution >= 0.6 is 22.6 Å². The third-order valence-corrected chi connectivity index (χ3v) is 3.70. The fourth-order valence-electron chi connectivity index (χ4n) is 1.92. The first kappa shape index (κ1) is 14.6. The largest absolute Gasteiger partial charge is 0.494 e. The van der Waals surface area contributed by atoms with Crippen molar-refractivity contribution in [3.8, 4) is 5.75 Å². The van der Waals surface area contributed by atoms with E-state index in [0.717, 1.165) is 25.3 Å². The van der Waals surface area contributed by atoms with Gasteiger partial charge in [0.25, 0.3) is 0 Å². The Labute approximate surface area is 127 Å². The molecule has 0 atom stereocenters. The molecule has 1 aliphatic rings. The number of carbonyl (C=O) groups is 1. The first-order valence-electron chi connectivity index (χ1n) is 6.49. The number of halogens is 1. The third-order valence-electron chi connectivity index (χ3n) is 2.98. The highest BCUT2D eigenvalue weighted by Crippen LogP contribution is 2.14. The van der Waals surface area contributed by atoms with E-state index < -0.39 is 0 Å². The number of carbonyl (C=O) groups excluding carboxylic acids is 1. The number of morpholine rings is 1. The summed E-state index contributed by atoms with van der Waals surface area (Å²) in [5.74, 6) is 1.06. The van der Waals surface area contributed by atoms with Crippen molar-refractivity contribution >= 4 is 28.5 Å². The van der Waals surface area contributed by atoms with Crippen LogP contribution in [0.5, 0.6) is 5.75 Å². The van der Waals surface area contributed by atoms with Gasteiger partial charge in [0, 0.05) is 23.1 Å². The van der Waals surface area contributed by atoms with E-state index in [9.17, 15) is 4.79 Å². The van der Waals surface area contributed by atoms with E-state index in [1.807, 2.05) is 29.2 Å². The maximum Gasteiger partial charge on any atom is 0.222 e. The fourth-order valence-corrected chi connectivity index (χ4v) is 2.27. The zero-order chi connectivity index (χ0) is 13.5. The second kappa shape index (κ2) is 7.69. The maximum absolute atomic E-state index is 11.9. The minimum absolute atomic E-state index is 0.203. The van der Waals surface area contributed by atoms with Crippen LogP contribution in [-0.4, -0.2) is 43.7 Å². The highest BCUT2D eigenvalue weighted by molar-refractivity contribution is 14.1. The van der Waals surface area contributed by atoms with E-state index in [1.54, 1.807) is 0 Å². The van der Waals surface area contributed by atoms with Crippen LogP contribution in [0.15, 0.2) is 24.3 Å². The summed E-state index contributed by atoms with van der Waals surface area (Å²) in [6.45, 7) is 3.33. The molecule has 2 rings (SSSR count). The Kier molecular flexibility index (Phi) is 5.91. The van der Waals surface area contributed by atoms with Gasteiger partial charge in [0.15, 0.2) is 0 Å². The summed E-state index contributed by atoms with van der Waals surface area (Å²) in [6.07, 6.45) is 1.30. The van der Waals surface area contributed by atoms with Crippen LogP contribution in [0.4, 0.5) is 0 Å². The van der Waals surface area contributed by atoms with Crippen LogP contribution in [0.1, 0.15) is 12.8 Å². The van der Waals surface area contributed by atoms with Crippen LogP contribution < -0.4 is 4.74 Å². The zero-order valence-corrected chi connectivity index (χ0v) is 13.0. The van der Waals surface area contributed by atoms with E-state index in [4.69, 9.17) is 9.47 Å². The molecule has 5 heteroatoms. The summed E-state index contributed by atoms with van der Waals surface area (Å²) in [6, 6.07) is 7.92. The molecule has 104 valence electrons. The molecule has 1 aliphatic heterocycles. The van der Waals surface area contributed by atoms with Gasteiger partial charge in [-0.15, -0.1) is 0 Å². The molecule has 0 saturated carbocycles. The van der Waals surface area contributed by atoms with Crippen molar-refractivity contribution in [1.29, 1.82) is 0 Å². The summed E-state index contributed by atoms with van der Waals surface area (Å²) in [4.78, 5) is 13.7. The predicted molar refractivity (Wildman–Crippen MR) is 81.3 cm³/mol. The quantitative estimate of drug-likeness (QED) is 0.586. The third kappa shape index (κ3) is 4.99. The Morgan fingerprint density at radius 3 is 2.63 bits per heavy atom. The van der Waals surface area contributed by atoms with Crippen molar-refractivity contribution in [2.24, 2.45) is 0 Å². The van der Waals surface area contributed by atoms with Crippen molar-refractivity contribution in [2.75, 3.05) is 32.9 Å². The summed E-state index contributed by atoms with van der Waals surface area (Å²) in [7, 11) is 0. The Bertz CT molecular complexity index is 402. The smallest absolute Gasteiger partial charge is 0.222 e. The van der Waals surface area contributed by atoms with Gasteiger partial charge in [-0.3, -0.25) is 4.79 Å². The van der Waals surface area contributed by atoms with Gasteiger partial charge in [0.2, 0.25) is 5.91 Å². The lowest BCUT2D eigenvalue weighted by Gasteiger charge is -2.26. The highest BCUT2D eigenvalue weighted by Gasteiger charge is 2.15. The molecule has 0 aliphatic carbocycles. The van der Waals surface area contributed by atoms with Crippen LogP contribution in [0.2, 0.25) is 0 Å². The SMILES string of the molecule is O=C(CCCOc1ccc(I)cc1)N1CCOCC1. The Hall–Kier alpha value is -0.820. The molecule has 0 aromatic heterocycles. The lowest BCUT2D eigenvalue weighted by molar-refractivity contribution is -0.135. The van der Waals surface area contributed by atoms with Crippen LogP contribution in [-0.2, 0) is 9.53 Å². The zero-order valence-electron chi connectivity index (χ0n) is 10.8. The Morgan fingerprint density at radius 2 is 1.95 bits per heavy atom. The minimum atomic E-state index is 0.203. The standard InChI is InChI=1S/C14H18INO3/c15-12-3-5-13(6-4-12)19-9-1-2-14(17)16-7-10-18-11-8-16/h3-6H,1-2,7-11H2. The number of hydrogen-bond donors (Lipinski definition) is 0. The van der Waals surface area contributed by atoms with Crippen molar-refractivity contribution < 1.29 is 14.3 Å². The topological polar surface area (TPSA) is 38.8 Å². The number of ether oxygens (including phenoxy) is 2. The van der Waals surface area contributed by atoms with Gasteiger partial charge in [-0.1, -0.05) is 0 Å². The van der Waals surface area contributed by atoms with Gasteiger partial charge >= 0.3 is 0 Å². The van der Waals surface area contributed by atoms with Crippen LogP contribution in [0, 0.1) is 3.57 Å². The first-order valence-corrected chi connectivity index (χ1v) is 7.57. The molecule has 1 aromatic carbocycles. The second-order valence-corrected chi connectivity index (χ2v) is 5.64. The number of benzene rings is 1. The molecule has 1 aromatic rings. The second-order valence-electron chi connectivity index (χ2n) is 4.40. The Balaban J connectivity index is 1.63. The number of rotatable bonds is 5. The van der Waals surface area contributed by atoms with E-state index in [1.165, 1.54) is 3.57 Å². The molecule has 1 fully saturated rings. The average molecular weight is 375 g/mol. The van der Waals surface area contributed by atoms with Crippen molar-refractivity contribution in [3.63, 3.8) is 0 Å². The molecular weight excluding hydrogens is 357 g/mol. The molecule has 1 heterocycles. The fraction of sp³-hybridized carbons (Fsp3) is 0.500. The summed E-state index contributed by atoms with van der Waals surface area (Å²) < 4.78 is 12.0. The van der Waals surface area contributed by atoms with Gasteiger partial charge in [0.05, 0.1) is 19.8 Å². The molecule has 0 unspecified atom stereocenters. The lowest BCUT2D eigenvalue weighted by atomic mass is 10.2. The molecule has 0 radical (unpaired) electrons. The van der Waals surface area contributed by atoms with E-state index >= 15 is 0 Å². The molecular formula is C14H18INO3. The summed E-state index contributed by atoms with van der Waals surface area (Å²) in [5, 5.41) is 0. The molecule has 0 bridgehead atoms. The summed E-state index contributed by atoms with van der Waals surface area (Å²) in [5.41, 5.74) is 0. The average Bonchev–Trinajstić information content (AvgIpc) is 2.46. The van der Waals surface area contributed by atoms with Gasteiger partial charge in [-0.2, -0.15) is 0 Å². The summed E-state index contributed by atoms with van der Waals surface area (Å²) >= 11 is 2.26. The number of amides is 1. The normalized spacial score (nSPS) is 15.3. The molecule has 0 N–H and O–H groups in total. The lowest BCUT2D eigenvalue weighted by Crippen LogP contribution is -2.40. The molecule has 0 spiro atoms. The molecule has 1 saturated heterocycles. The predicted octanol–water partition coefficient (Wildman–Crippen LogP) is 2.31. The monoisotopic (exact) mass is 375 g/mol. The number of hydrogen-bond acceptors (Lipinski definition) is 3. The Morgan fingerprint density at radius 1 is 1.26 bits per heavy atom. The van der Waals surface area contributed by atoms with Crippen molar-refractivity contribution in [3.05, 3.63) is 27.8 Å². The van der Waals surface area contributed by atoms with Gasteiger partial charge < -0.3 is 14.4 Å². The van der Waals surface area contributed by atoms with Gasteiger partial charge in [0.1, 0.15) is 5.75 Å². The maximum atomic E-state index is 11.9. The van der Waals surface area contributed by atoms with Crippen molar-refractivity contribution in [1.82, 2.24) is 4.90 Å². The van der Waals surface area contributed by atoms with Crippen LogP contribution in [0.25, 0.3) is 0 Å². The van der Waals surface area contributed by atoms with E-state index in [-0.39, 0.29) is 5.91 Å². The van der Waals surface area contributed by atoms with Crippen LogP contribution in [0.3, 0.4) is 0 Å². The highest BCUT2D eigenvalue weighted by atomic mass is 127. The minimum Gasteiger partial charge on any atom is -0.494 e. The van der Waals surface area contributed by atoms with Crippen molar-refractivity contribution in [2.45, 2.75) is 12.8 Å². The van der Waals surface area contributed by atoms with E-state index in [2.05, 4.69) is 22.6 Å². The number of nitrogens with zero attached hydrogens (tertiary/aromatic N) is 1. The van der Waals surface area contributed by atoms with E-state index in [0.29, 0.717) is 26.2 Å². The first-order chi connectivity index (χ1) is 9.25. The van der Waals surface area contributed by atoms with Gasteiger partial charge in [-0.05, 0) is 53.3 Å². The molecule has 1 amide bonds. The molecule has 19 heavy (non-hydrogen) atoms. The molecule has 4 nitrogen and oxygen atoms in total. The van der Waals surface area contributed by atoms with Gasteiger partial charge in [-0.25, -0.2) is 0 Å².